The topological polar surface area (TPSA) is 20.2 Å². The molecule has 1 aliphatic rings. The first-order chi connectivity index (χ1) is 6.18. The van der Waals surface area contributed by atoms with Crippen molar-refractivity contribution in [3.63, 3.8) is 0 Å². The summed E-state index contributed by atoms with van der Waals surface area (Å²) in [6.07, 6.45) is 0.915. The monoisotopic (exact) mass is 184 g/mol. The van der Waals surface area contributed by atoms with E-state index < -0.39 is 17.7 Å². The summed E-state index contributed by atoms with van der Waals surface area (Å²) < 4.78 is 25.9. The molecule has 1 aliphatic carbocycles. The summed E-state index contributed by atoms with van der Waals surface area (Å²) in [7, 11) is 0. The third kappa shape index (κ3) is 1.44. The first-order valence-electron chi connectivity index (χ1n) is 4.31. The number of rotatable bonds is 1. The van der Waals surface area contributed by atoms with Crippen molar-refractivity contribution in [3.8, 4) is 0 Å². The molecule has 1 N–H and O–H groups in total. The number of halogens is 2. The summed E-state index contributed by atoms with van der Waals surface area (Å²) in [5.74, 6) is -1.09. The van der Waals surface area contributed by atoms with Crippen LogP contribution in [0.15, 0.2) is 18.2 Å². The highest BCUT2D eigenvalue weighted by Crippen LogP contribution is 2.38. The Balaban J connectivity index is 2.33. The van der Waals surface area contributed by atoms with Gasteiger partial charge in [-0.15, -0.1) is 0 Å². The molecule has 1 nitrogen and oxygen atoms in total. The first-order valence-corrected chi connectivity index (χ1v) is 4.31. The fourth-order valence-corrected chi connectivity index (χ4v) is 1.64. The van der Waals surface area contributed by atoms with Crippen LogP contribution >= 0.6 is 0 Å². The Morgan fingerprint density at radius 3 is 2.54 bits per heavy atom. The minimum atomic E-state index is -0.503. The largest absolute Gasteiger partial charge is 0.392 e. The first kappa shape index (κ1) is 8.63. The molecule has 1 aromatic carbocycles. The van der Waals surface area contributed by atoms with Crippen LogP contribution in [0.5, 0.6) is 0 Å². The van der Waals surface area contributed by atoms with Crippen molar-refractivity contribution in [1.29, 1.82) is 0 Å². The highest BCUT2D eigenvalue weighted by molar-refractivity contribution is 5.25. The third-order valence-electron chi connectivity index (χ3n) is 2.60. The van der Waals surface area contributed by atoms with E-state index in [0.717, 1.165) is 18.6 Å². The van der Waals surface area contributed by atoms with Crippen LogP contribution in [0.1, 0.15) is 24.3 Å². The maximum Gasteiger partial charge on any atom is 0.126 e. The highest BCUT2D eigenvalue weighted by atomic mass is 19.1. The quantitative estimate of drug-likeness (QED) is 0.709. The molecule has 0 spiro atoms. The van der Waals surface area contributed by atoms with Gasteiger partial charge in [0, 0.05) is 5.92 Å². The fraction of sp³-hybridized carbons (Fsp3) is 0.400. The van der Waals surface area contributed by atoms with Crippen LogP contribution < -0.4 is 0 Å². The molecule has 70 valence electrons. The van der Waals surface area contributed by atoms with Crippen molar-refractivity contribution in [2.45, 2.75) is 24.9 Å². The van der Waals surface area contributed by atoms with Crippen molar-refractivity contribution in [3.05, 3.63) is 35.4 Å². The molecule has 0 radical (unpaired) electrons. The van der Waals surface area contributed by atoms with E-state index in [2.05, 4.69) is 0 Å². The summed E-state index contributed by atoms with van der Waals surface area (Å²) >= 11 is 0. The normalized spacial score (nSPS) is 27.0. The van der Waals surface area contributed by atoms with Gasteiger partial charge in [-0.3, -0.25) is 0 Å². The van der Waals surface area contributed by atoms with Crippen molar-refractivity contribution >= 4 is 0 Å². The van der Waals surface area contributed by atoms with Crippen molar-refractivity contribution in [2.24, 2.45) is 0 Å². The summed E-state index contributed by atoms with van der Waals surface area (Å²) in [6.45, 7) is 0. The average Bonchev–Trinajstić information content (AvgIpc) is 2.09. The van der Waals surface area contributed by atoms with Crippen LogP contribution in [0, 0.1) is 11.6 Å². The molecule has 0 heterocycles. The van der Waals surface area contributed by atoms with Gasteiger partial charge in [-0.1, -0.05) is 0 Å². The molecule has 0 bridgehead atoms. The van der Waals surface area contributed by atoms with Gasteiger partial charge in [0.05, 0.1) is 6.10 Å². The molecule has 0 aromatic heterocycles. The third-order valence-corrected chi connectivity index (χ3v) is 2.60. The van der Waals surface area contributed by atoms with Gasteiger partial charge < -0.3 is 5.11 Å². The summed E-state index contributed by atoms with van der Waals surface area (Å²) in [4.78, 5) is 0. The second-order valence-corrected chi connectivity index (χ2v) is 3.42. The number of aliphatic hydroxyl groups excluding tert-OH is 1. The SMILES string of the molecule is OC1CCC1c1cc(F)ccc1F. The highest BCUT2D eigenvalue weighted by Gasteiger charge is 2.32. The molecule has 3 heteroatoms. The summed E-state index contributed by atoms with van der Waals surface area (Å²) in [6, 6.07) is 3.36. The van der Waals surface area contributed by atoms with Gasteiger partial charge in [0.15, 0.2) is 0 Å². The Morgan fingerprint density at radius 2 is 2.00 bits per heavy atom. The lowest BCUT2D eigenvalue weighted by molar-refractivity contribution is 0.0643. The molecular formula is C10H10F2O. The van der Waals surface area contributed by atoms with E-state index in [4.69, 9.17) is 0 Å². The Labute approximate surface area is 75.0 Å². The van der Waals surface area contributed by atoms with Gasteiger partial charge in [-0.05, 0) is 36.6 Å². The molecule has 2 atom stereocenters. The van der Waals surface area contributed by atoms with Crippen molar-refractivity contribution in [1.82, 2.24) is 0 Å². The van der Waals surface area contributed by atoms with Crippen LogP contribution in [-0.2, 0) is 0 Å². The molecule has 0 amide bonds. The zero-order chi connectivity index (χ0) is 9.42. The van der Waals surface area contributed by atoms with E-state index in [0.29, 0.717) is 12.0 Å². The zero-order valence-corrected chi connectivity index (χ0v) is 7.00. The van der Waals surface area contributed by atoms with Gasteiger partial charge >= 0.3 is 0 Å². The lowest BCUT2D eigenvalue weighted by Crippen LogP contribution is -2.29. The average molecular weight is 184 g/mol. The van der Waals surface area contributed by atoms with Gasteiger partial charge in [0.1, 0.15) is 11.6 Å². The smallest absolute Gasteiger partial charge is 0.126 e. The van der Waals surface area contributed by atoms with E-state index in [1.54, 1.807) is 0 Å². The Kier molecular flexibility index (Phi) is 2.04. The molecule has 1 fully saturated rings. The lowest BCUT2D eigenvalue weighted by Gasteiger charge is -2.32. The molecule has 0 aliphatic heterocycles. The Morgan fingerprint density at radius 1 is 1.23 bits per heavy atom. The molecular weight excluding hydrogens is 174 g/mol. The van der Waals surface area contributed by atoms with Crippen LogP contribution in [0.25, 0.3) is 0 Å². The number of hydrogen-bond acceptors (Lipinski definition) is 1. The van der Waals surface area contributed by atoms with Gasteiger partial charge in [-0.2, -0.15) is 0 Å². The van der Waals surface area contributed by atoms with Crippen molar-refractivity contribution in [2.75, 3.05) is 0 Å². The molecule has 2 unspecified atom stereocenters. The van der Waals surface area contributed by atoms with Crippen molar-refractivity contribution < 1.29 is 13.9 Å². The maximum absolute atomic E-state index is 13.1. The second-order valence-electron chi connectivity index (χ2n) is 3.42. The minimum absolute atomic E-state index is 0.212. The molecule has 2 rings (SSSR count). The van der Waals surface area contributed by atoms with Crippen LogP contribution in [-0.4, -0.2) is 11.2 Å². The van der Waals surface area contributed by atoms with E-state index in [1.807, 2.05) is 0 Å². The number of hydrogen-bond donors (Lipinski definition) is 1. The second kappa shape index (κ2) is 3.07. The number of aliphatic hydroxyl groups is 1. The van der Waals surface area contributed by atoms with Crippen LogP contribution in [0.4, 0.5) is 8.78 Å². The Hall–Kier alpha value is -0.960. The minimum Gasteiger partial charge on any atom is -0.392 e. The number of benzene rings is 1. The molecule has 0 saturated heterocycles. The van der Waals surface area contributed by atoms with E-state index in [9.17, 15) is 13.9 Å². The molecule has 13 heavy (non-hydrogen) atoms. The molecule has 1 aromatic rings. The summed E-state index contributed by atoms with van der Waals surface area (Å²) in [5.41, 5.74) is 0.304. The predicted molar refractivity (Wildman–Crippen MR) is 44.3 cm³/mol. The van der Waals surface area contributed by atoms with Crippen LogP contribution in [0.3, 0.4) is 0 Å². The zero-order valence-electron chi connectivity index (χ0n) is 7.00. The lowest BCUT2D eigenvalue weighted by atomic mass is 9.77. The van der Waals surface area contributed by atoms with Crippen LogP contribution in [0.2, 0.25) is 0 Å². The maximum atomic E-state index is 13.1. The van der Waals surface area contributed by atoms with Gasteiger partial charge in [0.25, 0.3) is 0 Å². The van der Waals surface area contributed by atoms with E-state index in [1.165, 1.54) is 6.07 Å². The van der Waals surface area contributed by atoms with E-state index >= 15 is 0 Å². The fourth-order valence-electron chi connectivity index (χ4n) is 1.64. The van der Waals surface area contributed by atoms with E-state index in [-0.39, 0.29) is 5.92 Å². The molecule has 1 saturated carbocycles. The Bertz CT molecular complexity index is 325. The summed E-state index contributed by atoms with van der Waals surface area (Å²) in [5, 5.41) is 9.29. The predicted octanol–water partition coefficient (Wildman–Crippen LogP) is 2.20. The van der Waals surface area contributed by atoms with Gasteiger partial charge in [-0.25, -0.2) is 8.78 Å². The standard InChI is InChI=1S/C10H10F2O/c11-6-1-3-9(12)8(5-6)7-2-4-10(7)13/h1,3,5,7,10,13H,2,4H2. The van der Waals surface area contributed by atoms with Gasteiger partial charge in [0.2, 0.25) is 0 Å².